The van der Waals surface area contributed by atoms with Gasteiger partial charge in [-0.3, -0.25) is 4.79 Å². The van der Waals surface area contributed by atoms with Crippen molar-refractivity contribution in [1.29, 1.82) is 0 Å². The molecule has 0 atom stereocenters. The Kier molecular flexibility index (Phi) is 3.95. The Bertz CT molecular complexity index is 476. The molecule has 0 saturated heterocycles. The van der Waals surface area contributed by atoms with E-state index in [1.54, 1.807) is 0 Å². The number of benzene rings is 1. The minimum Gasteiger partial charge on any atom is -0.399 e. The minimum absolute atomic E-state index is 0.177. The van der Waals surface area contributed by atoms with E-state index < -0.39 is 0 Å². The van der Waals surface area contributed by atoms with Crippen LogP contribution >= 0.6 is 0 Å². The fourth-order valence-electron chi connectivity index (χ4n) is 3.21. The molecule has 3 heteroatoms. The van der Waals surface area contributed by atoms with Crippen molar-refractivity contribution in [3.05, 3.63) is 29.8 Å². The van der Waals surface area contributed by atoms with Gasteiger partial charge in [0.2, 0.25) is 0 Å². The molecule has 0 aliphatic heterocycles. The summed E-state index contributed by atoms with van der Waals surface area (Å²) in [6.07, 6.45) is 8.74. The summed E-state index contributed by atoms with van der Waals surface area (Å²) in [6.45, 7) is 0.943. The van der Waals surface area contributed by atoms with Gasteiger partial charge in [0.05, 0.1) is 0 Å². The van der Waals surface area contributed by atoms with Crippen LogP contribution in [0.5, 0.6) is 0 Å². The summed E-state index contributed by atoms with van der Waals surface area (Å²) >= 11 is 0. The molecule has 1 amide bonds. The Morgan fingerprint density at radius 1 is 1.15 bits per heavy atom. The lowest BCUT2D eigenvalue weighted by molar-refractivity contribution is 0.0622. The fourth-order valence-corrected chi connectivity index (χ4v) is 3.21. The lowest BCUT2D eigenvalue weighted by Crippen LogP contribution is -2.42. The summed E-state index contributed by atoms with van der Waals surface area (Å²) in [5.74, 6) is 0.915. The maximum Gasteiger partial charge on any atom is 0.254 e. The molecule has 2 aliphatic rings. The monoisotopic (exact) mass is 272 g/mol. The molecule has 0 bridgehead atoms. The third-order valence-corrected chi connectivity index (χ3v) is 4.56. The van der Waals surface area contributed by atoms with E-state index in [0.717, 1.165) is 18.0 Å². The normalized spacial score (nSPS) is 19.8. The molecule has 20 heavy (non-hydrogen) atoms. The van der Waals surface area contributed by atoms with Crippen molar-refractivity contribution in [2.24, 2.45) is 5.92 Å². The second-order valence-corrected chi connectivity index (χ2v) is 6.32. The van der Waals surface area contributed by atoms with Gasteiger partial charge in [0.1, 0.15) is 0 Å². The third-order valence-electron chi connectivity index (χ3n) is 4.56. The van der Waals surface area contributed by atoms with Crippen molar-refractivity contribution in [3.8, 4) is 0 Å². The molecule has 0 radical (unpaired) electrons. The zero-order valence-corrected chi connectivity index (χ0v) is 12.1. The predicted molar refractivity (Wildman–Crippen MR) is 81.5 cm³/mol. The largest absolute Gasteiger partial charge is 0.399 e. The van der Waals surface area contributed by atoms with Gasteiger partial charge in [-0.25, -0.2) is 0 Å². The van der Waals surface area contributed by atoms with Crippen molar-refractivity contribution >= 4 is 11.6 Å². The van der Waals surface area contributed by atoms with Crippen molar-refractivity contribution in [3.63, 3.8) is 0 Å². The summed E-state index contributed by atoms with van der Waals surface area (Å²) in [5, 5.41) is 0. The molecule has 2 N–H and O–H groups in total. The summed E-state index contributed by atoms with van der Waals surface area (Å²) in [4.78, 5) is 15.0. The SMILES string of the molecule is Nc1cccc(C(=O)N(CC2CC2)C2CCCCC2)c1. The van der Waals surface area contributed by atoms with Gasteiger partial charge in [-0.05, 0) is 49.8 Å². The Morgan fingerprint density at radius 3 is 2.55 bits per heavy atom. The van der Waals surface area contributed by atoms with Gasteiger partial charge >= 0.3 is 0 Å². The summed E-state index contributed by atoms with van der Waals surface area (Å²) in [7, 11) is 0. The minimum atomic E-state index is 0.177. The average Bonchev–Trinajstić information content (AvgIpc) is 3.29. The number of amides is 1. The highest BCUT2D eigenvalue weighted by atomic mass is 16.2. The molecule has 3 rings (SSSR count). The van der Waals surface area contributed by atoms with Crippen LogP contribution in [-0.4, -0.2) is 23.4 Å². The van der Waals surface area contributed by atoms with Crippen molar-refractivity contribution in [2.45, 2.75) is 51.0 Å². The molecule has 1 aromatic rings. The Labute approximate surface area is 121 Å². The Morgan fingerprint density at radius 2 is 1.90 bits per heavy atom. The highest BCUT2D eigenvalue weighted by molar-refractivity contribution is 5.95. The predicted octanol–water partition coefficient (Wildman–Crippen LogP) is 3.45. The van der Waals surface area contributed by atoms with E-state index in [2.05, 4.69) is 4.90 Å². The lowest BCUT2D eigenvalue weighted by Gasteiger charge is -2.34. The van der Waals surface area contributed by atoms with E-state index in [1.165, 1.54) is 44.9 Å². The van der Waals surface area contributed by atoms with E-state index in [9.17, 15) is 4.79 Å². The van der Waals surface area contributed by atoms with Gasteiger partial charge in [0.25, 0.3) is 5.91 Å². The molecule has 2 saturated carbocycles. The van der Waals surface area contributed by atoms with Gasteiger partial charge < -0.3 is 10.6 Å². The van der Waals surface area contributed by atoms with Crippen LogP contribution in [0.4, 0.5) is 5.69 Å². The van der Waals surface area contributed by atoms with Crippen molar-refractivity contribution < 1.29 is 4.79 Å². The van der Waals surface area contributed by atoms with Crippen LogP contribution in [0.15, 0.2) is 24.3 Å². The number of anilines is 1. The van der Waals surface area contributed by atoms with Gasteiger partial charge in [0.15, 0.2) is 0 Å². The molecule has 0 heterocycles. The number of nitrogens with zero attached hydrogens (tertiary/aromatic N) is 1. The van der Waals surface area contributed by atoms with Crippen LogP contribution in [0.2, 0.25) is 0 Å². The standard InChI is InChI=1S/C17H24N2O/c18-15-6-4-5-14(11-15)17(20)19(12-13-9-10-13)16-7-2-1-3-8-16/h4-6,11,13,16H,1-3,7-10,12,18H2. The fraction of sp³-hybridized carbons (Fsp3) is 0.588. The zero-order valence-electron chi connectivity index (χ0n) is 12.1. The number of carbonyl (C=O) groups is 1. The number of nitrogens with two attached hydrogens (primary N) is 1. The molecular formula is C17H24N2O. The topological polar surface area (TPSA) is 46.3 Å². The van der Waals surface area contributed by atoms with E-state index >= 15 is 0 Å². The number of rotatable bonds is 4. The molecule has 2 fully saturated rings. The molecule has 0 spiro atoms. The quantitative estimate of drug-likeness (QED) is 0.853. The van der Waals surface area contributed by atoms with E-state index in [-0.39, 0.29) is 5.91 Å². The van der Waals surface area contributed by atoms with Crippen LogP contribution in [0.25, 0.3) is 0 Å². The first-order valence-corrected chi connectivity index (χ1v) is 7.90. The smallest absolute Gasteiger partial charge is 0.254 e. The maximum atomic E-state index is 12.8. The zero-order chi connectivity index (χ0) is 13.9. The van der Waals surface area contributed by atoms with Crippen LogP contribution < -0.4 is 5.73 Å². The summed E-state index contributed by atoms with van der Waals surface area (Å²) in [5.41, 5.74) is 7.24. The van der Waals surface area contributed by atoms with Crippen LogP contribution in [-0.2, 0) is 0 Å². The lowest BCUT2D eigenvalue weighted by atomic mass is 9.93. The molecule has 0 aromatic heterocycles. The molecule has 3 nitrogen and oxygen atoms in total. The van der Waals surface area contributed by atoms with Crippen molar-refractivity contribution in [1.82, 2.24) is 4.90 Å². The second kappa shape index (κ2) is 5.86. The van der Waals surface area contributed by atoms with E-state index in [1.807, 2.05) is 24.3 Å². The Balaban J connectivity index is 1.78. The van der Waals surface area contributed by atoms with Gasteiger partial charge in [-0.1, -0.05) is 25.3 Å². The van der Waals surface area contributed by atoms with Crippen LogP contribution in [0.3, 0.4) is 0 Å². The van der Waals surface area contributed by atoms with E-state index in [0.29, 0.717) is 11.7 Å². The number of nitrogen functional groups attached to an aromatic ring is 1. The number of hydrogen-bond donors (Lipinski definition) is 1. The van der Waals surface area contributed by atoms with Gasteiger partial charge in [-0.2, -0.15) is 0 Å². The highest BCUT2D eigenvalue weighted by Crippen LogP contribution is 2.33. The first-order chi connectivity index (χ1) is 9.74. The summed E-state index contributed by atoms with van der Waals surface area (Å²) < 4.78 is 0. The summed E-state index contributed by atoms with van der Waals surface area (Å²) in [6, 6.07) is 7.85. The molecule has 108 valence electrons. The van der Waals surface area contributed by atoms with E-state index in [4.69, 9.17) is 5.73 Å². The van der Waals surface area contributed by atoms with Crippen LogP contribution in [0.1, 0.15) is 55.3 Å². The third kappa shape index (κ3) is 3.14. The molecule has 2 aliphatic carbocycles. The number of hydrogen-bond acceptors (Lipinski definition) is 2. The second-order valence-electron chi connectivity index (χ2n) is 6.32. The molecule has 1 aromatic carbocycles. The Hall–Kier alpha value is -1.51. The number of carbonyl (C=O) groups excluding carboxylic acids is 1. The maximum absolute atomic E-state index is 12.8. The average molecular weight is 272 g/mol. The first kappa shape index (κ1) is 13.5. The molecular weight excluding hydrogens is 248 g/mol. The first-order valence-electron chi connectivity index (χ1n) is 7.90. The highest BCUT2D eigenvalue weighted by Gasteiger charge is 2.32. The van der Waals surface area contributed by atoms with Crippen molar-refractivity contribution in [2.75, 3.05) is 12.3 Å². The van der Waals surface area contributed by atoms with Crippen LogP contribution in [0, 0.1) is 5.92 Å². The molecule has 0 unspecified atom stereocenters. The van der Waals surface area contributed by atoms with Gasteiger partial charge in [0, 0.05) is 23.8 Å². The van der Waals surface area contributed by atoms with Gasteiger partial charge in [-0.15, -0.1) is 0 Å².